The summed E-state index contributed by atoms with van der Waals surface area (Å²) in [6.07, 6.45) is 4.86. The SMILES string of the molecule is CN(C)C(=O)c1cccc(CC(=O)N2CCCC2C(=O)OC(Cc2c(Cl)cncc2Cl)c2ccc(OC(F)F)c(OCC3CC3)c2)c1. The number of esters is 1. The molecule has 2 aromatic carbocycles. The second kappa shape index (κ2) is 15.3. The lowest BCUT2D eigenvalue weighted by Gasteiger charge is -2.27. The van der Waals surface area contributed by atoms with Gasteiger partial charge >= 0.3 is 12.6 Å². The first-order chi connectivity index (χ1) is 22.5. The van der Waals surface area contributed by atoms with Crippen LogP contribution in [0.25, 0.3) is 0 Å². The molecule has 47 heavy (non-hydrogen) atoms. The van der Waals surface area contributed by atoms with E-state index in [1.54, 1.807) is 38.4 Å². The molecule has 5 rings (SSSR count). The fourth-order valence-electron chi connectivity index (χ4n) is 5.45. The van der Waals surface area contributed by atoms with Gasteiger partial charge in [0.15, 0.2) is 11.5 Å². The molecule has 2 amide bonds. The van der Waals surface area contributed by atoms with Crippen molar-refractivity contribution < 1.29 is 37.4 Å². The van der Waals surface area contributed by atoms with Crippen LogP contribution >= 0.6 is 23.2 Å². The molecular formula is C34H35Cl2F2N3O6. The highest BCUT2D eigenvalue weighted by molar-refractivity contribution is 6.35. The van der Waals surface area contributed by atoms with E-state index in [2.05, 4.69) is 4.98 Å². The summed E-state index contributed by atoms with van der Waals surface area (Å²) in [7, 11) is 3.30. The van der Waals surface area contributed by atoms with E-state index in [0.717, 1.165) is 12.8 Å². The number of likely N-dealkylation sites (tertiary alicyclic amines) is 1. The predicted octanol–water partition coefficient (Wildman–Crippen LogP) is 6.54. The van der Waals surface area contributed by atoms with Gasteiger partial charge in [-0.25, -0.2) is 4.79 Å². The number of halogens is 4. The number of alkyl halides is 2. The number of amides is 2. The summed E-state index contributed by atoms with van der Waals surface area (Å²) in [6.45, 7) is -2.37. The van der Waals surface area contributed by atoms with E-state index in [4.69, 9.17) is 37.4 Å². The van der Waals surface area contributed by atoms with Crippen LogP contribution in [0.1, 0.15) is 58.8 Å². The zero-order valence-electron chi connectivity index (χ0n) is 26.0. The summed E-state index contributed by atoms with van der Waals surface area (Å²) in [4.78, 5) is 46.6. The van der Waals surface area contributed by atoms with Crippen LogP contribution in [0.15, 0.2) is 54.9 Å². The van der Waals surface area contributed by atoms with Gasteiger partial charge in [-0.2, -0.15) is 8.78 Å². The predicted molar refractivity (Wildman–Crippen MR) is 171 cm³/mol. The zero-order chi connectivity index (χ0) is 33.7. The number of aromatic nitrogens is 1. The first-order valence-electron chi connectivity index (χ1n) is 15.3. The second-order valence-electron chi connectivity index (χ2n) is 11.9. The van der Waals surface area contributed by atoms with E-state index in [9.17, 15) is 23.2 Å². The van der Waals surface area contributed by atoms with Gasteiger partial charge < -0.3 is 24.0 Å². The molecule has 0 N–H and O–H groups in total. The van der Waals surface area contributed by atoms with E-state index in [-0.39, 0.29) is 46.2 Å². The van der Waals surface area contributed by atoms with Crippen molar-refractivity contribution >= 4 is 41.0 Å². The second-order valence-corrected chi connectivity index (χ2v) is 12.7. The van der Waals surface area contributed by atoms with E-state index >= 15 is 0 Å². The van der Waals surface area contributed by atoms with Crippen LogP contribution in [-0.2, 0) is 27.2 Å². The zero-order valence-corrected chi connectivity index (χ0v) is 27.5. The third-order valence-electron chi connectivity index (χ3n) is 8.11. The molecule has 2 fully saturated rings. The molecule has 0 radical (unpaired) electrons. The lowest BCUT2D eigenvalue weighted by Crippen LogP contribution is -2.42. The van der Waals surface area contributed by atoms with E-state index < -0.39 is 24.7 Å². The normalized spacial score (nSPS) is 16.6. The molecule has 1 aliphatic heterocycles. The van der Waals surface area contributed by atoms with E-state index in [1.165, 1.54) is 40.4 Å². The summed E-state index contributed by atoms with van der Waals surface area (Å²) >= 11 is 12.9. The molecule has 250 valence electrons. The minimum atomic E-state index is -3.06. The van der Waals surface area contributed by atoms with Crippen molar-refractivity contribution in [1.82, 2.24) is 14.8 Å². The van der Waals surface area contributed by atoms with Crippen molar-refractivity contribution in [3.05, 3.63) is 87.2 Å². The lowest BCUT2D eigenvalue weighted by molar-refractivity contribution is -0.158. The third kappa shape index (κ3) is 8.90. The first-order valence-corrected chi connectivity index (χ1v) is 16.1. The van der Waals surface area contributed by atoms with Crippen molar-refractivity contribution in [2.75, 3.05) is 27.2 Å². The fraction of sp³-hybridized carbons (Fsp3) is 0.412. The number of hydrogen-bond acceptors (Lipinski definition) is 7. The van der Waals surface area contributed by atoms with Gasteiger partial charge in [0.25, 0.3) is 5.91 Å². The van der Waals surface area contributed by atoms with Gasteiger partial charge in [0.1, 0.15) is 12.1 Å². The van der Waals surface area contributed by atoms with Crippen LogP contribution in [0.2, 0.25) is 10.0 Å². The number of nitrogens with zero attached hydrogens (tertiary/aromatic N) is 3. The third-order valence-corrected chi connectivity index (χ3v) is 8.76. The molecule has 13 heteroatoms. The van der Waals surface area contributed by atoms with E-state index in [0.29, 0.717) is 54.2 Å². The number of pyridine rings is 1. The van der Waals surface area contributed by atoms with Gasteiger partial charge in [-0.05, 0) is 72.6 Å². The topological polar surface area (TPSA) is 98.3 Å². The van der Waals surface area contributed by atoms with Crippen LogP contribution in [0.5, 0.6) is 11.5 Å². The van der Waals surface area contributed by atoms with Crippen LogP contribution in [-0.4, -0.2) is 72.5 Å². The summed E-state index contributed by atoms with van der Waals surface area (Å²) in [5.74, 6) is -0.805. The number of rotatable bonds is 13. The molecule has 0 spiro atoms. The van der Waals surface area contributed by atoms with Crippen LogP contribution < -0.4 is 9.47 Å². The Kier molecular flexibility index (Phi) is 11.2. The van der Waals surface area contributed by atoms with Crippen molar-refractivity contribution in [3.8, 4) is 11.5 Å². The maximum Gasteiger partial charge on any atom is 0.387 e. The van der Waals surface area contributed by atoms with Gasteiger partial charge in [0, 0.05) is 45.0 Å². The van der Waals surface area contributed by atoms with Crippen LogP contribution in [0.3, 0.4) is 0 Å². The molecule has 1 saturated carbocycles. The molecule has 2 heterocycles. The summed E-state index contributed by atoms with van der Waals surface area (Å²) < 4.78 is 43.0. The maximum absolute atomic E-state index is 13.8. The van der Waals surface area contributed by atoms with Gasteiger partial charge in [-0.1, -0.05) is 41.4 Å². The Morgan fingerprint density at radius 1 is 1.02 bits per heavy atom. The Labute approximate surface area is 281 Å². The molecule has 1 saturated heterocycles. The first kappa shape index (κ1) is 34.4. The molecule has 2 unspecified atom stereocenters. The largest absolute Gasteiger partial charge is 0.489 e. The quantitative estimate of drug-likeness (QED) is 0.188. The van der Waals surface area contributed by atoms with Crippen molar-refractivity contribution in [1.29, 1.82) is 0 Å². The standard InChI is InChI=1S/C34H35Cl2F2N3O6/c1-40(2)32(43)23-6-3-5-21(13-23)14-31(42)41-12-4-7-27(41)33(44)46-29(16-24-25(35)17-39-18-26(24)36)22-10-11-28(47-34(37)38)30(15-22)45-19-20-8-9-20/h3,5-6,10-11,13,15,17-18,20,27,29,34H,4,7-9,12,14,16,19H2,1-2H3. The summed E-state index contributed by atoms with van der Waals surface area (Å²) in [6, 6.07) is 10.4. The molecule has 3 aromatic rings. The molecule has 1 aliphatic carbocycles. The molecule has 2 atom stereocenters. The van der Waals surface area contributed by atoms with Gasteiger partial charge in [-0.3, -0.25) is 14.6 Å². The summed E-state index contributed by atoms with van der Waals surface area (Å²) in [5.41, 5.74) is 2.01. The Morgan fingerprint density at radius 3 is 2.45 bits per heavy atom. The van der Waals surface area contributed by atoms with Crippen molar-refractivity contribution in [2.45, 2.75) is 57.3 Å². The monoisotopic (exact) mass is 689 g/mol. The molecule has 0 bridgehead atoms. The summed E-state index contributed by atoms with van der Waals surface area (Å²) in [5, 5.41) is 0.517. The number of carbonyl (C=O) groups excluding carboxylic acids is 3. The molecule has 2 aliphatic rings. The average molecular weight is 691 g/mol. The fourth-order valence-corrected chi connectivity index (χ4v) is 5.97. The number of benzene rings is 2. The maximum atomic E-state index is 13.8. The number of hydrogen-bond donors (Lipinski definition) is 0. The highest BCUT2D eigenvalue weighted by Gasteiger charge is 2.37. The smallest absolute Gasteiger partial charge is 0.387 e. The van der Waals surface area contributed by atoms with Crippen LogP contribution in [0.4, 0.5) is 8.78 Å². The molecule has 1 aromatic heterocycles. The minimum Gasteiger partial charge on any atom is -0.489 e. The Balaban J connectivity index is 1.38. The number of ether oxygens (including phenoxy) is 3. The highest BCUT2D eigenvalue weighted by Crippen LogP contribution is 2.38. The van der Waals surface area contributed by atoms with Gasteiger partial charge in [0.05, 0.1) is 23.1 Å². The molecule has 9 nitrogen and oxygen atoms in total. The van der Waals surface area contributed by atoms with Crippen molar-refractivity contribution in [3.63, 3.8) is 0 Å². The van der Waals surface area contributed by atoms with Gasteiger partial charge in [0.2, 0.25) is 5.91 Å². The van der Waals surface area contributed by atoms with Gasteiger partial charge in [-0.15, -0.1) is 0 Å². The van der Waals surface area contributed by atoms with Crippen LogP contribution in [0, 0.1) is 5.92 Å². The highest BCUT2D eigenvalue weighted by atomic mass is 35.5. The van der Waals surface area contributed by atoms with E-state index in [1.807, 2.05) is 0 Å². The minimum absolute atomic E-state index is 0.00270. The molecular weight excluding hydrogens is 655 g/mol. The number of carbonyl (C=O) groups is 3. The Hall–Kier alpha value is -3.96. The Morgan fingerprint density at radius 2 is 1.77 bits per heavy atom. The Bertz CT molecular complexity index is 1600. The lowest BCUT2D eigenvalue weighted by atomic mass is 10.0. The van der Waals surface area contributed by atoms with Crippen molar-refractivity contribution in [2.24, 2.45) is 5.92 Å². The average Bonchev–Trinajstić information content (AvgIpc) is 3.73.